The average molecular weight is 355 g/mol. The Bertz CT molecular complexity index is 850. The van der Waals surface area contributed by atoms with Gasteiger partial charge in [0.1, 0.15) is 5.75 Å². The standard InChI is InChI=1S/C20H22NO3P/c22-25(23)21-17-11-9-13-5-1-3-7-15(13)19(17)20-16-8-4-2-6-14(16)10-12-18(20)24-25/h9-12H,1-8H2,(H2,21,22,23). The first kappa shape index (κ1) is 15.5. The number of rotatable bonds is 0. The van der Waals surface area contributed by atoms with E-state index in [9.17, 15) is 9.46 Å². The monoisotopic (exact) mass is 355 g/mol. The van der Waals surface area contributed by atoms with Crippen LogP contribution in [0.25, 0.3) is 11.1 Å². The summed E-state index contributed by atoms with van der Waals surface area (Å²) in [5.41, 5.74) is 8.30. The Kier molecular flexibility index (Phi) is 3.48. The van der Waals surface area contributed by atoms with Crippen LogP contribution in [0.15, 0.2) is 24.3 Å². The van der Waals surface area contributed by atoms with Crippen LogP contribution < -0.4 is 9.61 Å². The summed E-state index contributed by atoms with van der Waals surface area (Å²) < 4.78 is 18.1. The van der Waals surface area contributed by atoms with Crippen LogP contribution in [-0.4, -0.2) is 4.89 Å². The van der Waals surface area contributed by atoms with Crippen molar-refractivity contribution in [2.45, 2.75) is 51.4 Å². The maximum Gasteiger partial charge on any atom is 0.483 e. The molecule has 2 aromatic rings. The van der Waals surface area contributed by atoms with E-state index in [1.54, 1.807) is 0 Å². The van der Waals surface area contributed by atoms with Crippen LogP contribution in [-0.2, 0) is 30.2 Å². The highest BCUT2D eigenvalue weighted by Crippen LogP contribution is 2.55. The minimum Gasteiger partial charge on any atom is -0.409 e. The van der Waals surface area contributed by atoms with Crippen LogP contribution >= 0.6 is 7.75 Å². The van der Waals surface area contributed by atoms with Crippen molar-refractivity contribution >= 4 is 13.4 Å². The van der Waals surface area contributed by atoms with E-state index >= 15 is 0 Å². The van der Waals surface area contributed by atoms with Gasteiger partial charge in [-0.15, -0.1) is 0 Å². The largest absolute Gasteiger partial charge is 0.483 e. The zero-order chi connectivity index (χ0) is 17.0. The zero-order valence-corrected chi connectivity index (χ0v) is 15.1. The molecule has 4 nitrogen and oxygen atoms in total. The normalized spacial score (nSPS) is 23.9. The van der Waals surface area contributed by atoms with E-state index in [1.807, 2.05) is 12.1 Å². The summed E-state index contributed by atoms with van der Waals surface area (Å²) >= 11 is 0. The Hall–Kier alpha value is -1.77. The molecule has 1 heterocycles. The third-order valence-electron chi connectivity index (χ3n) is 5.76. The molecule has 130 valence electrons. The molecule has 0 spiro atoms. The Morgan fingerprint density at radius 2 is 1.44 bits per heavy atom. The molecule has 0 aromatic heterocycles. The number of aryl methyl sites for hydroxylation is 2. The summed E-state index contributed by atoms with van der Waals surface area (Å²) in [4.78, 5) is 10.3. The van der Waals surface area contributed by atoms with Crippen molar-refractivity contribution in [3.05, 3.63) is 46.5 Å². The molecule has 2 aliphatic carbocycles. The molecule has 2 aromatic carbocycles. The molecular weight excluding hydrogens is 333 g/mol. The highest BCUT2D eigenvalue weighted by molar-refractivity contribution is 7.55. The quantitative estimate of drug-likeness (QED) is 0.652. The SMILES string of the molecule is O=P1(O)Nc2ccc3c(c2-c2c(ccc4c2CCCC4)O1)CCCC3. The molecule has 2 N–H and O–H groups in total. The lowest BCUT2D eigenvalue weighted by molar-refractivity contribution is 0.388. The summed E-state index contributed by atoms with van der Waals surface area (Å²) in [6.45, 7) is 0. The van der Waals surface area contributed by atoms with Crippen molar-refractivity contribution in [3.8, 4) is 16.9 Å². The fourth-order valence-corrected chi connectivity index (χ4v) is 5.63. The topological polar surface area (TPSA) is 58.6 Å². The van der Waals surface area contributed by atoms with Crippen molar-refractivity contribution in [2.24, 2.45) is 0 Å². The third kappa shape index (κ3) is 2.51. The Morgan fingerprint density at radius 3 is 2.16 bits per heavy atom. The van der Waals surface area contributed by atoms with Crippen LogP contribution in [0, 0.1) is 0 Å². The van der Waals surface area contributed by atoms with Crippen molar-refractivity contribution < 1.29 is 14.0 Å². The van der Waals surface area contributed by atoms with Crippen LogP contribution in [0.1, 0.15) is 47.9 Å². The summed E-state index contributed by atoms with van der Waals surface area (Å²) in [5.74, 6) is 0.553. The first-order valence-electron chi connectivity index (χ1n) is 9.23. The van der Waals surface area contributed by atoms with Gasteiger partial charge in [-0.3, -0.25) is 9.98 Å². The number of hydrogen-bond donors (Lipinski definition) is 2. The maximum absolute atomic E-state index is 12.5. The molecule has 0 radical (unpaired) electrons. The van der Waals surface area contributed by atoms with Gasteiger partial charge in [0.2, 0.25) is 0 Å². The number of fused-ring (bicyclic) bond motifs is 7. The summed E-state index contributed by atoms with van der Waals surface area (Å²) in [6.07, 6.45) is 8.97. The van der Waals surface area contributed by atoms with Crippen LogP contribution in [0.5, 0.6) is 5.75 Å². The molecule has 5 heteroatoms. The Labute approximate surface area is 147 Å². The van der Waals surface area contributed by atoms with Gasteiger partial charge in [-0.05, 0) is 85.8 Å². The van der Waals surface area contributed by atoms with Gasteiger partial charge >= 0.3 is 7.75 Å². The molecular formula is C20H22NO3P. The second-order valence-electron chi connectivity index (χ2n) is 7.34. The number of nitrogens with one attached hydrogen (secondary N) is 1. The van der Waals surface area contributed by atoms with Gasteiger partial charge in [-0.1, -0.05) is 12.1 Å². The van der Waals surface area contributed by atoms with Gasteiger partial charge in [0, 0.05) is 11.1 Å². The predicted molar refractivity (Wildman–Crippen MR) is 99.2 cm³/mol. The van der Waals surface area contributed by atoms with E-state index < -0.39 is 7.75 Å². The zero-order valence-electron chi connectivity index (χ0n) is 14.2. The van der Waals surface area contributed by atoms with Gasteiger partial charge in [-0.25, -0.2) is 4.57 Å². The molecule has 0 saturated heterocycles. The lowest BCUT2D eigenvalue weighted by Gasteiger charge is -2.25. The lowest BCUT2D eigenvalue weighted by Crippen LogP contribution is -2.09. The van der Waals surface area contributed by atoms with E-state index in [2.05, 4.69) is 17.2 Å². The maximum atomic E-state index is 12.5. The van der Waals surface area contributed by atoms with E-state index in [1.165, 1.54) is 41.5 Å². The van der Waals surface area contributed by atoms with Crippen LogP contribution in [0.2, 0.25) is 0 Å². The smallest absolute Gasteiger partial charge is 0.409 e. The van der Waals surface area contributed by atoms with E-state index in [0.717, 1.165) is 48.9 Å². The molecule has 25 heavy (non-hydrogen) atoms. The predicted octanol–water partition coefficient (Wildman–Crippen LogP) is 5.02. The number of benzene rings is 2. The molecule has 3 aliphatic rings. The fourth-order valence-electron chi connectivity index (χ4n) is 4.67. The molecule has 1 aliphatic heterocycles. The highest BCUT2D eigenvalue weighted by atomic mass is 31.2. The number of anilines is 1. The second kappa shape index (κ2) is 5.62. The summed E-state index contributed by atoms with van der Waals surface area (Å²) in [7, 11) is -3.92. The van der Waals surface area contributed by atoms with Gasteiger partial charge < -0.3 is 4.52 Å². The first-order chi connectivity index (χ1) is 12.1. The molecule has 0 bridgehead atoms. The van der Waals surface area contributed by atoms with Crippen molar-refractivity contribution in [2.75, 3.05) is 5.09 Å². The molecule has 5 rings (SSSR count). The Balaban J connectivity index is 1.86. The fraction of sp³-hybridized carbons (Fsp3) is 0.400. The van der Waals surface area contributed by atoms with Gasteiger partial charge in [0.05, 0.1) is 5.69 Å². The first-order valence-corrected chi connectivity index (χ1v) is 10.8. The average Bonchev–Trinajstić information content (AvgIpc) is 2.73. The highest BCUT2D eigenvalue weighted by Gasteiger charge is 2.33. The Morgan fingerprint density at radius 1 is 0.840 bits per heavy atom. The molecule has 1 unspecified atom stereocenters. The molecule has 0 saturated carbocycles. The molecule has 0 fully saturated rings. The van der Waals surface area contributed by atoms with E-state index in [4.69, 9.17) is 4.52 Å². The lowest BCUT2D eigenvalue weighted by atomic mass is 9.80. The third-order valence-corrected chi connectivity index (χ3v) is 6.73. The minimum atomic E-state index is -3.92. The van der Waals surface area contributed by atoms with E-state index in [-0.39, 0.29) is 0 Å². The van der Waals surface area contributed by atoms with Crippen molar-refractivity contribution in [3.63, 3.8) is 0 Å². The van der Waals surface area contributed by atoms with Crippen molar-refractivity contribution in [1.29, 1.82) is 0 Å². The van der Waals surface area contributed by atoms with Crippen LogP contribution in [0.4, 0.5) is 5.69 Å². The van der Waals surface area contributed by atoms with Crippen LogP contribution in [0.3, 0.4) is 0 Å². The van der Waals surface area contributed by atoms with Gasteiger partial charge in [0.25, 0.3) is 0 Å². The minimum absolute atomic E-state index is 0.553. The number of hydrogen-bond acceptors (Lipinski definition) is 2. The van der Waals surface area contributed by atoms with Gasteiger partial charge in [-0.2, -0.15) is 0 Å². The second-order valence-corrected chi connectivity index (χ2v) is 8.79. The van der Waals surface area contributed by atoms with Gasteiger partial charge in [0.15, 0.2) is 0 Å². The molecule has 1 atom stereocenters. The van der Waals surface area contributed by atoms with Crippen molar-refractivity contribution in [1.82, 2.24) is 0 Å². The molecule has 0 amide bonds. The van der Waals surface area contributed by atoms with E-state index in [0.29, 0.717) is 5.75 Å². The summed E-state index contributed by atoms with van der Waals surface area (Å²) in [5, 5.41) is 2.79. The summed E-state index contributed by atoms with van der Waals surface area (Å²) in [6, 6.07) is 8.04.